The van der Waals surface area contributed by atoms with Crippen LogP contribution in [0.2, 0.25) is 5.02 Å². The normalized spacial score (nSPS) is 10.9. The predicted molar refractivity (Wildman–Crippen MR) is 90.3 cm³/mol. The zero-order chi connectivity index (χ0) is 16.2. The smallest absolute Gasteiger partial charge is 0.188 e. The second-order valence-corrected chi connectivity index (χ2v) is 5.61. The molecule has 4 nitrogen and oxygen atoms in total. The molecule has 2 aromatic carbocycles. The highest BCUT2D eigenvalue weighted by molar-refractivity contribution is 6.30. The Balaban J connectivity index is 1.73. The van der Waals surface area contributed by atoms with E-state index in [4.69, 9.17) is 21.4 Å². The second-order valence-electron chi connectivity index (χ2n) is 5.17. The van der Waals surface area contributed by atoms with Gasteiger partial charge in [0.2, 0.25) is 0 Å². The molecule has 3 rings (SSSR count). The SMILES string of the molecule is O=C(CO)c1ccc2ccn(CCOc3cccc(Cl)c3)c2c1. The van der Waals surface area contributed by atoms with E-state index in [9.17, 15) is 4.79 Å². The third-order valence-electron chi connectivity index (χ3n) is 3.64. The fraction of sp³-hybridized carbons (Fsp3) is 0.167. The number of aromatic nitrogens is 1. The number of ketones is 1. The summed E-state index contributed by atoms with van der Waals surface area (Å²) >= 11 is 5.92. The van der Waals surface area contributed by atoms with Crippen molar-refractivity contribution in [2.24, 2.45) is 0 Å². The van der Waals surface area contributed by atoms with Gasteiger partial charge >= 0.3 is 0 Å². The van der Waals surface area contributed by atoms with E-state index >= 15 is 0 Å². The minimum absolute atomic E-state index is 0.283. The molecule has 3 aromatic rings. The number of halogens is 1. The number of aliphatic hydroxyl groups excluding tert-OH is 1. The number of benzene rings is 2. The molecule has 1 aromatic heterocycles. The molecular formula is C18H16ClNO3. The van der Waals surface area contributed by atoms with Gasteiger partial charge in [0.05, 0.1) is 6.54 Å². The third kappa shape index (κ3) is 3.55. The van der Waals surface area contributed by atoms with E-state index in [1.54, 1.807) is 24.3 Å². The molecule has 0 amide bonds. The topological polar surface area (TPSA) is 51.5 Å². The van der Waals surface area contributed by atoms with E-state index in [1.165, 1.54) is 0 Å². The average Bonchev–Trinajstić information content (AvgIpc) is 2.96. The fourth-order valence-electron chi connectivity index (χ4n) is 2.46. The maximum Gasteiger partial charge on any atom is 0.188 e. The molecule has 0 radical (unpaired) electrons. The third-order valence-corrected chi connectivity index (χ3v) is 3.87. The number of carbonyl (C=O) groups excluding carboxylic acids is 1. The maximum atomic E-state index is 11.6. The van der Waals surface area contributed by atoms with Crippen molar-refractivity contribution >= 4 is 28.3 Å². The lowest BCUT2D eigenvalue weighted by Gasteiger charge is -2.09. The number of rotatable bonds is 6. The Kier molecular flexibility index (Phi) is 4.65. The van der Waals surface area contributed by atoms with Crippen molar-refractivity contribution in [3.8, 4) is 5.75 Å². The lowest BCUT2D eigenvalue weighted by atomic mass is 10.1. The molecule has 0 spiro atoms. The first-order valence-electron chi connectivity index (χ1n) is 7.29. The summed E-state index contributed by atoms with van der Waals surface area (Å²) in [6.07, 6.45) is 1.96. The maximum absolute atomic E-state index is 11.6. The summed E-state index contributed by atoms with van der Waals surface area (Å²) in [7, 11) is 0. The Hall–Kier alpha value is -2.30. The number of hydrogen-bond acceptors (Lipinski definition) is 3. The Labute approximate surface area is 138 Å². The van der Waals surface area contributed by atoms with Crippen molar-refractivity contribution in [2.45, 2.75) is 6.54 Å². The van der Waals surface area contributed by atoms with Crippen LogP contribution in [-0.4, -0.2) is 28.7 Å². The van der Waals surface area contributed by atoms with E-state index in [0.717, 1.165) is 16.7 Å². The minimum atomic E-state index is -0.482. The molecular weight excluding hydrogens is 314 g/mol. The predicted octanol–water partition coefficient (Wildman–Crippen LogP) is 3.55. The molecule has 0 saturated heterocycles. The fourth-order valence-corrected chi connectivity index (χ4v) is 2.64. The largest absolute Gasteiger partial charge is 0.492 e. The molecule has 0 aliphatic rings. The highest BCUT2D eigenvalue weighted by Crippen LogP contribution is 2.19. The summed E-state index contributed by atoms with van der Waals surface area (Å²) in [6, 6.07) is 14.7. The summed E-state index contributed by atoms with van der Waals surface area (Å²) in [5, 5.41) is 10.7. The van der Waals surface area contributed by atoms with Crippen molar-refractivity contribution in [3.05, 3.63) is 65.3 Å². The van der Waals surface area contributed by atoms with Gasteiger partial charge in [0.15, 0.2) is 5.78 Å². The quantitative estimate of drug-likeness (QED) is 0.704. The van der Waals surface area contributed by atoms with Crippen LogP contribution < -0.4 is 4.74 Å². The zero-order valence-corrected chi connectivity index (χ0v) is 13.2. The molecule has 0 unspecified atom stereocenters. The summed E-state index contributed by atoms with van der Waals surface area (Å²) < 4.78 is 7.72. The Bertz CT molecular complexity index is 841. The van der Waals surface area contributed by atoms with Crippen molar-refractivity contribution in [1.82, 2.24) is 4.57 Å². The van der Waals surface area contributed by atoms with Crippen LogP contribution >= 0.6 is 11.6 Å². The first-order valence-corrected chi connectivity index (χ1v) is 7.66. The van der Waals surface area contributed by atoms with Gasteiger partial charge in [-0.2, -0.15) is 0 Å². The van der Waals surface area contributed by atoms with Crippen LogP contribution in [0, 0.1) is 0 Å². The molecule has 23 heavy (non-hydrogen) atoms. The van der Waals surface area contributed by atoms with Crippen LogP contribution in [0.1, 0.15) is 10.4 Å². The van der Waals surface area contributed by atoms with Gasteiger partial charge in [-0.1, -0.05) is 29.8 Å². The van der Waals surface area contributed by atoms with Crippen LogP contribution in [0.15, 0.2) is 54.7 Å². The monoisotopic (exact) mass is 329 g/mol. The van der Waals surface area contributed by atoms with E-state index in [-0.39, 0.29) is 5.78 Å². The van der Waals surface area contributed by atoms with Gasteiger partial charge in [-0.15, -0.1) is 0 Å². The molecule has 1 heterocycles. The standard InChI is InChI=1S/C18H16ClNO3/c19-15-2-1-3-16(11-15)23-9-8-20-7-6-13-4-5-14(10-17(13)20)18(22)12-21/h1-7,10-11,21H,8-9,12H2. The van der Waals surface area contributed by atoms with E-state index in [0.29, 0.717) is 23.7 Å². The Morgan fingerprint density at radius 1 is 1.17 bits per heavy atom. The second kappa shape index (κ2) is 6.86. The molecule has 5 heteroatoms. The first kappa shape index (κ1) is 15.6. The molecule has 118 valence electrons. The van der Waals surface area contributed by atoms with Crippen molar-refractivity contribution in [1.29, 1.82) is 0 Å². The average molecular weight is 330 g/mol. The number of aliphatic hydroxyl groups is 1. The number of carbonyl (C=O) groups is 1. The van der Waals surface area contributed by atoms with Gasteiger partial charge in [0.1, 0.15) is 19.0 Å². The van der Waals surface area contributed by atoms with Gasteiger partial charge in [-0.05, 0) is 35.7 Å². The van der Waals surface area contributed by atoms with Crippen molar-refractivity contribution < 1.29 is 14.6 Å². The number of ether oxygens (including phenoxy) is 1. The molecule has 0 aliphatic heterocycles. The zero-order valence-electron chi connectivity index (χ0n) is 12.4. The summed E-state index contributed by atoms with van der Waals surface area (Å²) in [5.41, 5.74) is 1.45. The summed E-state index contributed by atoms with van der Waals surface area (Å²) in [6.45, 7) is 0.652. The number of Topliss-reactive ketones (excluding diaryl/α,β-unsaturated/α-hetero) is 1. The van der Waals surface area contributed by atoms with Crippen LogP contribution in [0.25, 0.3) is 10.9 Å². The van der Waals surface area contributed by atoms with E-state index in [2.05, 4.69) is 0 Å². The van der Waals surface area contributed by atoms with Crippen LogP contribution in [-0.2, 0) is 6.54 Å². The van der Waals surface area contributed by atoms with Gasteiger partial charge in [-0.3, -0.25) is 4.79 Å². The van der Waals surface area contributed by atoms with Crippen LogP contribution in [0.3, 0.4) is 0 Å². The molecule has 0 saturated carbocycles. The number of nitrogens with zero attached hydrogens (tertiary/aromatic N) is 1. The van der Waals surface area contributed by atoms with Crippen molar-refractivity contribution in [3.63, 3.8) is 0 Å². The van der Waals surface area contributed by atoms with Gasteiger partial charge < -0.3 is 14.4 Å². The lowest BCUT2D eigenvalue weighted by Crippen LogP contribution is -2.08. The molecule has 0 bridgehead atoms. The van der Waals surface area contributed by atoms with Gasteiger partial charge in [0.25, 0.3) is 0 Å². The number of fused-ring (bicyclic) bond motifs is 1. The summed E-state index contributed by atoms with van der Waals surface area (Å²) in [5.74, 6) is 0.444. The Morgan fingerprint density at radius 3 is 2.83 bits per heavy atom. The minimum Gasteiger partial charge on any atom is -0.492 e. The Morgan fingerprint density at radius 2 is 2.04 bits per heavy atom. The van der Waals surface area contributed by atoms with Crippen LogP contribution in [0.4, 0.5) is 0 Å². The van der Waals surface area contributed by atoms with Gasteiger partial charge in [0, 0.05) is 22.3 Å². The highest BCUT2D eigenvalue weighted by Gasteiger charge is 2.08. The van der Waals surface area contributed by atoms with Gasteiger partial charge in [-0.25, -0.2) is 0 Å². The lowest BCUT2D eigenvalue weighted by molar-refractivity contribution is 0.0904. The van der Waals surface area contributed by atoms with E-state index < -0.39 is 6.61 Å². The molecule has 0 aliphatic carbocycles. The molecule has 0 atom stereocenters. The first-order chi connectivity index (χ1) is 11.2. The highest BCUT2D eigenvalue weighted by atomic mass is 35.5. The number of hydrogen-bond donors (Lipinski definition) is 1. The molecule has 1 N–H and O–H groups in total. The van der Waals surface area contributed by atoms with E-state index in [1.807, 2.05) is 35.0 Å². The summed E-state index contributed by atoms with van der Waals surface area (Å²) in [4.78, 5) is 11.6. The van der Waals surface area contributed by atoms with Crippen LogP contribution in [0.5, 0.6) is 5.75 Å². The van der Waals surface area contributed by atoms with Crippen molar-refractivity contribution in [2.75, 3.05) is 13.2 Å². The molecule has 0 fully saturated rings.